The highest BCUT2D eigenvalue weighted by Crippen LogP contribution is 2.17. The topological polar surface area (TPSA) is 54.9 Å². The van der Waals surface area contributed by atoms with E-state index in [1.807, 2.05) is 4.90 Å². The predicted molar refractivity (Wildman–Crippen MR) is 77.5 cm³/mol. The van der Waals surface area contributed by atoms with E-state index in [9.17, 15) is 4.79 Å². The van der Waals surface area contributed by atoms with E-state index in [1.165, 1.54) is 0 Å². The molecule has 1 atom stereocenters. The van der Waals surface area contributed by atoms with Crippen LogP contribution in [0.1, 0.15) is 16.8 Å². The van der Waals surface area contributed by atoms with Crippen molar-refractivity contribution in [2.45, 2.75) is 12.5 Å². The van der Waals surface area contributed by atoms with Gasteiger partial charge in [-0.1, -0.05) is 0 Å². The summed E-state index contributed by atoms with van der Waals surface area (Å²) in [5.74, 6) is 0.559. The summed E-state index contributed by atoms with van der Waals surface area (Å²) < 4.78 is 11.0. The third kappa shape index (κ3) is 3.51. The summed E-state index contributed by atoms with van der Waals surface area (Å²) in [7, 11) is 2.07. The van der Waals surface area contributed by atoms with Crippen molar-refractivity contribution in [2.75, 3.05) is 46.4 Å². The molecule has 6 nitrogen and oxygen atoms in total. The summed E-state index contributed by atoms with van der Waals surface area (Å²) in [4.78, 5) is 20.8. The Labute approximate surface area is 124 Å². The van der Waals surface area contributed by atoms with Gasteiger partial charge in [-0.05, 0) is 13.1 Å². The zero-order chi connectivity index (χ0) is 14.7. The monoisotopic (exact) mass is 291 g/mol. The van der Waals surface area contributed by atoms with Crippen LogP contribution in [0.15, 0.2) is 18.3 Å². The number of piperazine rings is 1. The molecule has 2 aliphatic heterocycles. The Morgan fingerprint density at radius 1 is 1.38 bits per heavy atom. The van der Waals surface area contributed by atoms with Crippen LogP contribution in [0.25, 0.3) is 0 Å². The van der Waals surface area contributed by atoms with Gasteiger partial charge >= 0.3 is 0 Å². The fourth-order valence-electron chi connectivity index (χ4n) is 2.58. The average molecular weight is 291 g/mol. The van der Waals surface area contributed by atoms with Gasteiger partial charge < -0.3 is 19.3 Å². The van der Waals surface area contributed by atoms with Crippen molar-refractivity contribution in [3.63, 3.8) is 0 Å². The van der Waals surface area contributed by atoms with Gasteiger partial charge in [0.25, 0.3) is 5.91 Å². The van der Waals surface area contributed by atoms with E-state index >= 15 is 0 Å². The molecule has 1 aromatic rings. The van der Waals surface area contributed by atoms with Gasteiger partial charge in [-0.25, -0.2) is 4.98 Å². The SMILES string of the molecule is CN1CCN(C(=O)c2ccnc(O[C@H]3CCOC3)c2)CC1. The number of pyridine rings is 1. The Morgan fingerprint density at radius 3 is 2.90 bits per heavy atom. The van der Waals surface area contributed by atoms with Gasteiger partial charge in [0.1, 0.15) is 6.10 Å². The standard InChI is InChI=1S/C15H21N3O3/c1-17-5-7-18(8-6-17)15(19)12-2-4-16-14(10-12)21-13-3-9-20-11-13/h2,4,10,13H,3,5-9,11H2,1H3/t13-/m0/s1. The van der Waals surface area contributed by atoms with Crippen LogP contribution in [0.4, 0.5) is 0 Å². The first kappa shape index (κ1) is 14.3. The van der Waals surface area contributed by atoms with Gasteiger partial charge in [0, 0.05) is 50.4 Å². The molecule has 2 fully saturated rings. The Morgan fingerprint density at radius 2 is 2.19 bits per heavy atom. The lowest BCUT2D eigenvalue weighted by molar-refractivity contribution is 0.0663. The molecule has 114 valence electrons. The molecule has 0 aromatic carbocycles. The number of hydrogen-bond donors (Lipinski definition) is 0. The van der Waals surface area contributed by atoms with E-state index in [1.54, 1.807) is 18.3 Å². The molecule has 0 saturated carbocycles. The molecule has 2 saturated heterocycles. The molecule has 0 spiro atoms. The van der Waals surface area contributed by atoms with E-state index in [0.29, 0.717) is 18.1 Å². The molecule has 0 aliphatic carbocycles. The minimum atomic E-state index is 0.0477. The summed E-state index contributed by atoms with van der Waals surface area (Å²) in [5, 5.41) is 0. The molecule has 6 heteroatoms. The van der Waals surface area contributed by atoms with Crippen molar-refractivity contribution in [3.05, 3.63) is 23.9 Å². The molecule has 3 heterocycles. The number of carbonyl (C=O) groups is 1. The summed E-state index contributed by atoms with van der Waals surface area (Å²) in [5.41, 5.74) is 0.642. The Bertz CT molecular complexity index is 495. The first-order valence-electron chi connectivity index (χ1n) is 7.40. The Hall–Kier alpha value is -1.66. The average Bonchev–Trinajstić information content (AvgIpc) is 3.00. The zero-order valence-electron chi connectivity index (χ0n) is 12.3. The highest BCUT2D eigenvalue weighted by molar-refractivity contribution is 5.94. The number of ether oxygens (including phenoxy) is 2. The normalized spacial score (nSPS) is 23.3. The first-order valence-corrected chi connectivity index (χ1v) is 7.40. The maximum absolute atomic E-state index is 12.5. The number of nitrogens with zero attached hydrogens (tertiary/aromatic N) is 3. The third-order valence-corrected chi connectivity index (χ3v) is 3.95. The number of rotatable bonds is 3. The van der Waals surface area contributed by atoms with Gasteiger partial charge in [0.15, 0.2) is 0 Å². The zero-order valence-corrected chi connectivity index (χ0v) is 12.3. The fraction of sp³-hybridized carbons (Fsp3) is 0.600. The molecular formula is C15H21N3O3. The van der Waals surface area contributed by atoms with E-state index in [-0.39, 0.29) is 12.0 Å². The number of amides is 1. The molecule has 0 unspecified atom stereocenters. The summed E-state index contributed by atoms with van der Waals surface area (Å²) >= 11 is 0. The van der Waals surface area contributed by atoms with Crippen LogP contribution in [0.5, 0.6) is 5.88 Å². The second-order valence-electron chi connectivity index (χ2n) is 5.58. The molecule has 0 bridgehead atoms. The maximum Gasteiger partial charge on any atom is 0.254 e. The first-order chi connectivity index (χ1) is 10.2. The van der Waals surface area contributed by atoms with E-state index < -0.39 is 0 Å². The van der Waals surface area contributed by atoms with E-state index in [2.05, 4.69) is 16.9 Å². The van der Waals surface area contributed by atoms with Crippen LogP contribution in [-0.2, 0) is 4.74 Å². The van der Waals surface area contributed by atoms with E-state index in [4.69, 9.17) is 9.47 Å². The molecule has 2 aliphatic rings. The van der Waals surface area contributed by atoms with Gasteiger partial charge in [-0.15, -0.1) is 0 Å². The molecule has 1 amide bonds. The molecule has 21 heavy (non-hydrogen) atoms. The molecule has 0 radical (unpaired) electrons. The molecule has 1 aromatic heterocycles. The lowest BCUT2D eigenvalue weighted by Crippen LogP contribution is -2.47. The van der Waals surface area contributed by atoms with Gasteiger partial charge in [-0.3, -0.25) is 4.79 Å². The van der Waals surface area contributed by atoms with Crippen molar-refractivity contribution in [2.24, 2.45) is 0 Å². The highest BCUT2D eigenvalue weighted by Gasteiger charge is 2.22. The second kappa shape index (κ2) is 6.41. The van der Waals surface area contributed by atoms with Crippen molar-refractivity contribution < 1.29 is 14.3 Å². The van der Waals surface area contributed by atoms with Crippen LogP contribution in [0.3, 0.4) is 0 Å². The van der Waals surface area contributed by atoms with Crippen LogP contribution in [0.2, 0.25) is 0 Å². The van der Waals surface area contributed by atoms with Crippen molar-refractivity contribution in [1.82, 2.24) is 14.8 Å². The van der Waals surface area contributed by atoms with Crippen molar-refractivity contribution in [1.29, 1.82) is 0 Å². The number of aromatic nitrogens is 1. The lowest BCUT2D eigenvalue weighted by atomic mass is 10.2. The lowest BCUT2D eigenvalue weighted by Gasteiger charge is -2.32. The van der Waals surface area contributed by atoms with Crippen molar-refractivity contribution in [3.8, 4) is 5.88 Å². The fourth-order valence-corrected chi connectivity index (χ4v) is 2.58. The van der Waals surface area contributed by atoms with Crippen molar-refractivity contribution >= 4 is 5.91 Å². The number of likely N-dealkylation sites (N-methyl/N-ethyl adjacent to an activating group) is 1. The third-order valence-electron chi connectivity index (χ3n) is 3.95. The summed E-state index contributed by atoms with van der Waals surface area (Å²) in [6.07, 6.45) is 2.55. The minimum Gasteiger partial charge on any atom is -0.472 e. The van der Waals surface area contributed by atoms with Gasteiger partial charge in [0.05, 0.1) is 13.2 Å². The van der Waals surface area contributed by atoms with Crippen LogP contribution < -0.4 is 4.74 Å². The van der Waals surface area contributed by atoms with Gasteiger partial charge in [-0.2, -0.15) is 0 Å². The summed E-state index contributed by atoms with van der Waals surface area (Å²) in [6, 6.07) is 3.48. The summed E-state index contributed by atoms with van der Waals surface area (Å²) in [6.45, 7) is 4.69. The second-order valence-corrected chi connectivity index (χ2v) is 5.58. The van der Waals surface area contributed by atoms with E-state index in [0.717, 1.165) is 39.2 Å². The molecular weight excluding hydrogens is 270 g/mol. The van der Waals surface area contributed by atoms with Crippen LogP contribution >= 0.6 is 0 Å². The quantitative estimate of drug-likeness (QED) is 0.818. The van der Waals surface area contributed by atoms with Crippen LogP contribution in [-0.4, -0.2) is 73.2 Å². The number of carbonyl (C=O) groups excluding carboxylic acids is 1. The molecule has 0 N–H and O–H groups in total. The van der Waals surface area contributed by atoms with Gasteiger partial charge in [0.2, 0.25) is 5.88 Å². The molecule has 3 rings (SSSR count). The minimum absolute atomic E-state index is 0.0477. The predicted octanol–water partition coefficient (Wildman–Crippen LogP) is 0.637. The van der Waals surface area contributed by atoms with Crippen LogP contribution in [0, 0.1) is 0 Å². The smallest absolute Gasteiger partial charge is 0.254 e. The number of hydrogen-bond acceptors (Lipinski definition) is 5. The largest absolute Gasteiger partial charge is 0.472 e. The maximum atomic E-state index is 12.5. The highest BCUT2D eigenvalue weighted by atomic mass is 16.5. The Kier molecular flexibility index (Phi) is 4.36. The Balaban J connectivity index is 1.65.